The molecule has 3 radical (unpaired) electrons. The lowest BCUT2D eigenvalue weighted by molar-refractivity contribution is -0.133. The van der Waals surface area contributed by atoms with Crippen LogP contribution in [-0.2, 0) is 4.79 Å². The number of benzene rings is 2. The summed E-state index contributed by atoms with van der Waals surface area (Å²) in [5, 5.41) is 2.06. The molecule has 0 saturated heterocycles. The third-order valence-electron chi connectivity index (χ3n) is 2.26. The van der Waals surface area contributed by atoms with E-state index in [9.17, 15) is 4.79 Å². The number of rotatable bonds is 2. The standard InChI is InChI=1S/C13H12O2.Al/c1-2-13(14)15-12-9-5-7-10-6-3-4-8-11(10)12;/h3-9H,2H2,1H3;. The van der Waals surface area contributed by atoms with Crippen molar-refractivity contribution in [3.05, 3.63) is 42.5 Å². The van der Waals surface area contributed by atoms with Gasteiger partial charge in [-0.15, -0.1) is 0 Å². The fourth-order valence-corrected chi connectivity index (χ4v) is 1.48. The van der Waals surface area contributed by atoms with E-state index in [0.717, 1.165) is 10.8 Å². The third-order valence-corrected chi connectivity index (χ3v) is 2.26. The van der Waals surface area contributed by atoms with Crippen LogP contribution in [0.15, 0.2) is 42.5 Å². The van der Waals surface area contributed by atoms with Gasteiger partial charge in [-0.1, -0.05) is 43.3 Å². The van der Waals surface area contributed by atoms with Crippen molar-refractivity contribution < 1.29 is 9.53 Å². The average Bonchev–Trinajstić information content (AvgIpc) is 2.29. The summed E-state index contributed by atoms with van der Waals surface area (Å²) in [5.74, 6) is 0.436. The van der Waals surface area contributed by atoms with Crippen molar-refractivity contribution in [3.63, 3.8) is 0 Å². The van der Waals surface area contributed by atoms with Gasteiger partial charge in [-0.3, -0.25) is 4.79 Å². The van der Waals surface area contributed by atoms with Gasteiger partial charge in [-0.2, -0.15) is 0 Å². The number of hydrogen-bond acceptors (Lipinski definition) is 2. The maximum absolute atomic E-state index is 11.2. The monoisotopic (exact) mass is 227 g/mol. The predicted molar refractivity (Wildman–Crippen MR) is 65.6 cm³/mol. The Bertz CT molecular complexity index is 489. The molecule has 3 heteroatoms. The Labute approximate surface area is 105 Å². The largest absolute Gasteiger partial charge is 0.426 e. The first kappa shape index (κ1) is 12.8. The van der Waals surface area contributed by atoms with Crippen LogP contribution in [0.2, 0.25) is 0 Å². The Morgan fingerprint density at radius 1 is 1.12 bits per heavy atom. The Hall–Kier alpha value is -1.30. The van der Waals surface area contributed by atoms with Gasteiger partial charge in [0.25, 0.3) is 0 Å². The van der Waals surface area contributed by atoms with E-state index in [-0.39, 0.29) is 23.3 Å². The number of carbonyl (C=O) groups excluding carboxylic acids is 1. The average molecular weight is 227 g/mol. The lowest BCUT2D eigenvalue weighted by atomic mass is 10.1. The number of fused-ring (bicyclic) bond motifs is 1. The summed E-state index contributed by atoms with van der Waals surface area (Å²) in [6.07, 6.45) is 0.392. The molecule has 2 aromatic carbocycles. The van der Waals surface area contributed by atoms with Crippen LogP contribution in [0.3, 0.4) is 0 Å². The molecule has 0 heterocycles. The highest BCUT2D eigenvalue weighted by atomic mass is 27.0. The zero-order chi connectivity index (χ0) is 10.7. The van der Waals surface area contributed by atoms with E-state index in [0.29, 0.717) is 12.2 Å². The van der Waals surface area contributed by atoms with Gasteiger partial charge < -0.3 is 4.74 Å². The molecule has 0 amide bonds. The van der Waals surface area contributed by atoms with Crippen LogP contribution < -0.4 is 4.74 Å². The van der Waals surface area contributed by atoms with E-state index in [1.54, 1.807) is 6.92 Å². The topological polar surface area (TPSA) is 26.3 Å². The summed E-state index contributed by atoms with van der Waals surface area (Å²) in [7, 11) is 0. The zero-order valence-corrected chi connectivity index (χ0v) is 10.3. The van der Waals surface area contributed by atoms with Crippen LogP contribution in [0.5, 0.6) is 5.75 Å². The molecule has 2 nitrogen and oxygen atoms in total. The molecule has 2 aromatic rings. The lowest BCUT2D eigenvalue weighted by Crippen LogP contribution is -2.05. The summed E-state index contributed by atoms with van der Waals surface area (Å²) in [4.78, 5) is 11.2. The molecule has 0 aromatic heterocycles. The van der Waals surface area contributed by atoms with E-state index in [2.05, 4.69) is 0 Å². The first-order valence-corrected chi connectivity index (χ1v) is 4.99. The molecule has 0 bridgehead atoms. The number of ether oxygens (including phenoxy) is 1. The van der Waals surface area contributed by atoms with Crippen LogP contribution in [0, 0.1) is 0 Å². The second kappa shape index (κ2) is 5.70. The van der Waals surface area contributed by atoms with E-state index >= 15 is 0 Å². The van der Waals surface area contributed by atoms with Gasteiger partial charge in [0.15, 0.2) is 0 Å². The lowest BCUT2D eigenvalue weighted by Gasteiger charge is -2.06. The number of carbonyl (C=O) groups is 1. The predicted octanol–water partition coefficient (Wildman–Crippen LogP) is 2.77. The summed E-state index contributed by atoms with van der Waals surface area (Å²) in [6.45, 7) is 1.79. The Morgan fingerprint density at radius 2 is 1.81 bits per heavy atom. The summed E-state index contributed by atoms with van der Waals surface area (Å²) in [6, 6.07) is 13.6. The van der Waals surface area contributed by atoms with E-state index < -0.39 is 0 Å². The maximum Gasteiger partial charge on any atom is 0.310 e. The van der Waals surface area contributed by atoms with Gasteiger partial charge in [-0.05, 0) is 11.5 Å². The molecule has 0 aliphatic heterocycles. The fourth-order valence-electron chi connectivity index (χ4n) is 1.48. The quantitative estimate of drug-likeness (QED) is 0.448. The third kappa shape index (κ3) is 2.63. The summed E-state index contributed by atoms with van der Waals surface area (Å²) < 4.78 is 5.24. The normalized spacial score (nSPS) is 9.56. The van der Waals surface area contributed by atoms with Gasteiger partial charge in [0.2, 0.25) is 0 Å². The molecular formula is C13H12AlO2. The van der Waals surface area contributed by atoms with Crippen molar-refractivity contribution in [2.75, 3.05) is 0 Å². The fraction of sp³-hybridized carbons (Fsp3) is 0.154. The highest BCUT2D eigenvalue weighted by Crippen LogP contribution is 2.25. The molecular weight excluding hydrogens is 215 g/mol. The molecule has 0 unspecified atom stereocenters. The minimum atomic E-state index is -0.202. The van der Waals surface area contributed by atoms with Gasteiger partial charge >= 0.3 is 5.97 Å². The Morgan fingerprint density at radius 3 is 2.56 bits per heavy atom. The minimum absolute atomic E-state index is 0. The Kier molecular flexibility index (Phi) is 4.55. The maximum atomic E-state index is 11.2. The van der Waals surface area contributed by atoms with Crippen LogP contribution in [0.25, 0.3) is 10.8 Å². The summed E-state index contributed by atoms with van der Waals surface area (Å²) >= 11 is 0. The molecule has 0 atom stereocenters. The molecule has 0 fully saturated rings. The molecule has 0 aliphatic rings. The highest BCUT2D eigenvalue weighted by molar-refractivity contribution is 5.90. The Balaban J connectivity index is 0.00000128. The molecule has 79 valence electrons. The van der Waals surface area contributed by atoms with Gasteiger partial charge in [0, 0.05) is 29.2 Å². The van der Waals surface area contributed by atoms with Crippen LogP contribution in [0.4, 0.5) is 0 Å². The first-order chi connectivity index (χ1) is 7.31. The SMILES string of the molecule is CCC(=O)Oc1cccc2ccccc12.[Al]. The van der Waals surface area contributed by atoms with Crippen molar-refractivity contribution in [3.8, 4) is 5.75 Å². The molecule has 0 spiro atoms. The van der Waals surface area contributed by atoms with E-state index in [1.165, 1.54) is 0 Å². The van der Waals surface area contributed by atoms with Gasteiger partial charge in [-0.25, -0.2) is 0 Å². The molecule has 16 heavy (non-hydrogen) atoms. The van der Waals surface area contributed by atoms with Crippen LogP contribution >= 0.6 is 0 Å². The van der Waals surface area contributed by atoms with Crippen molar-refractivity contribution in [2.24, 2.45) is 0 Å². The van der Waals surface area contributed by atoms with Crippen molar-refractivity contribution in [1.82, 2.24) is 0 Å². The van der Waals surface area contributed by atoms with Crippen LogP contribution in [-0.4, -0.2) is 23.3 Å². The minimum Gasteiger partial charge on any atom is -0.426 e. The zero-order valence-electron chi connectivity index (χ0n) is 9.14. The van der Waals surface area contributed by atoms with E-state index in [1.807, 2.05) is 42.5 Å². The number of esters is 1. The number of hydrogen-bond donors (Lipinski definition) is 0. The van der Waals surface area contributed by atoms with Crippen LogP contribution in [0.1, 0.15) is 13.3 Å². The second-order valence-corrected chi connectivity index (χ2v) is 3.30. The summed E-state index contributed by atoms with van der Waals surface area (Å²) in [5.41, 5.74) is 0. The molecule has 2 rings (SSSR count). The van der Waals surface area contributed by atoms with Gasteiger partial charge in [0.05, 0.1) is 0 Å². The highest BCUT2D eigenvalue weighted by Gasteiger charge is 2.04. The first-order valence-electron chi connectivity index (χ1n) is 4.99. The molecule has 0 saturated carbocycles. The van der Waals surface area contributed by atoms with Crippen molar-refractivity contribution in [2.45, 2.75) is 13.3 Å². The van der Waals surface area contributed by atoms with Crippen molar-refractivity contribution >= 4 is 34.1 Å². The van der Waals surface area contributed by atoms with Gasteiger partial charge in [0.1, 0.15) is 5.75 Å². The molecule has 0 N–H and O–H groups in total. The van der Waals surface area contributed by atoms with Crippen molar-refractivity contribution in [1.29, 1.82) is 0 Å². The smallest absolute Gasteiger partial charge is 0.310 e. The second-order valence-electron chi connectivity index (χ2n) is 3.30. The van der Waals surface area contributed by atoms with E-state index in [4.69, 9.17) is 4.74 Å². The molecule has 0 aliphatic carbocycles.